The first-order valence-electron chi connectivity index (χ1n) is 9.93. The van der Waals surface area contributed by atoms with Crippen LogP contribution >= 0.6 is 0 Å². The molecule has 0 fully saturated rings. The highest BCUT2D eigenvalue weighted by atomic mass is 16.6. The van der Waals surface area contributed by atoms with Crippen LogP contribution in [0.5, 0.6) is 11.5 Å². The molecular formula is C24H24N2O2. The molecule has 1 aromatic heterocycles. The molecule has 0 radical (unpaired) electrons. The Morgan fingerprint density at radius 1 is 1.07 bits per heavy atom. The average Bonchev–Trinajstić information content (AvgIpc) is 2.74. The number of hydrogen-bond acceptors (Lipinski definition) is 4. The van der Waals surface area contributed by atoms with Crippen molar-refractivity contribution in [3.63, 3.8) is 0 Å². The summed E-state index contributed by atoms with van der Waals surface area (Å²) in [5, 5.41) is 1.03. The first-order valence-corrected chi connectivity index (χ1v) is 9.93. The Kier molecular flexibility index (Phi) is 4.49. The second kappa shape index (κ2) is 7.28. The molecule has 0 aliphatic carbocycles. The van der Waals surface area contributed by atoms with Gasteiger partial charge in [0.05, 0.1) is 5.52 Å². The van der Waals surface area contributed by atoms with Crippen molar-refractivity contribution >= 4 is 16.5 Å². The highest BCUT2D eigenvalue weighted by Crippen LogP contribution is 2.38. The van der Waals surface area contributed by atoms with Crippen LogP contribution in [0.15, 0.2) is 60.7 Å². The van der Waals surface area contributed by atoms with Crippen LogP contribution in [-0.4, -0.2) is 42.2 Å². The fourth-order valence-corrected chi connectivity index (χ4v) is 4.05. The quantitative estimate of drug-likeness (QED) is 0.679. The average molecular weight is 372 g/mol. The molecule has 2 aliphatic heterocycles. The number of aromatic nitrogens is 1. The second-order valence-electron chi connectivity index (χ2n) is 7.57. The lowest BCUT2D eigenvalue weighted by atomic mass is 9.99. The molecule has 4 nitrogen and oxygen atoms in total. The minimum atomic E-state index is 0.0334. The van der Waals surface area contributed by atoms with E-state index in [1.54, 1.807) is 0 Å². The summed E-state index contributed by atoms with van der Waals surface area (Å²) in [6, 6.07) is 18.7. The van der Waals surface area contributed by atoms with Crippen molar-refractivity contribution < 1.29 is 9.47 Å². The summed E-state index contributed by atoms with van der Waals surface area (Å²) in [6.45, 7) is 5.46. The Bertz CT molecular complexity index is 1030. The molecule has 2 aliphatic rings. The summed E-state index contributed by atoms with van der Waals surface area (Å²) < 4.78 is 12.4. The van der Waals surface area contributed by atoms with Gasteiger partial charge in [-0.2, -0.15) is 0 Å². The minimum absolute atomic E-state index is 0.0334. The number of nitrogens with zero attached hydrogens (tertiary/aromatic N) is 2. The number of hydrogen-bond donors (Lipinski definition) is 0. The highest BCUT2D eigenvalue weighted by molar-refractivity contribution is 5.88. The van der Waals surface area contributed by atoms with Gasteiger partial charge < -0.3 is 9.47 Å². The van der Waals surface area contributed by atoms with Crippen molar-refractivity contribution in [2.24, 2.45) is 0 Å². The lowest BCUT2D eigenvalue weighted by Crippen LogP contribution is -2.42. The molecule has 0 bridgehead atoms. The number of rotatable bonds is 3. The first kappa shape index (κ1) is 17.3. The molecule has 0 saturated carbocycles. The van der Waals surface area contributed by atoms with Gasteiger partial charge in [-0.15, -0.1) is 0 Å². The van der Waals surface area contributed by atoms with E-state index in [0.717, 1.165) is 54.2 Å². The Hall–Kier alpha value is -2.85. The van der Waals surface area contributed by atoms with Crippen molar-refractivity contribution in [3.8, 4) is 11.5 Å². The molecule has 3 aromatic rings. The maximum atomic E-state index is 6.37. The van der Waals surface area contributed by atoms with Crippen molar-refractivity contribution in [2.75, 3.05) is 26.2 Å². The van der Waals surface area contributed by atoms with Gasteiger partial charge >= 0.3 is 0 Å². The summed E-state index contributed by atoms with van der Waals surface area (Å²) in [6.07, 6.45) is 3.45. The van der Waals surface area contributed by atoms with E-state index in [2.05, 4.69) is 52.4 Å². The third-order valence-electron chi connectivity index (χ3n) is 5.53. The number of aryl methyl sites for hydroxylation is 1. The molecule has 0 amide bonds. The smallest absolute Gasteiger partial charge is 0.171 e. The van der Waals surface area contributed by atoms with Gasteiger partial charge in [0, 0.05) is 30.7 Å². The molecule has 0 N–H and O–H groups in total. The maximum absolute atomic E-state index is 6.37. The molecule has 142 valence electrons. The number of benzene rings is 2. The lowest BCUT2D eigenvalue weighted by Gasteiger charge is -2.33. The monoisotopic (exact) mass is 372 g/mol. The van der Waals surface area contributed by atoms with E-state index >= 15 is 0 Å². The van der Waals surface area contributed by atoms with Gasteiger partial charge in [0.15, 0.2) is 11.5 Å². The van der Waals surface area contributed by atoms with Crippen LogP contribution in [-0.2, 0) is 0 Å². The van der Waals surface area contributed by atoms with E-state index in [4.69, 9.17) is 9.47 Å². The predicted molar refractivity (Wildman–Crippen MR) is 112 cm³/mol. The molecule has 3 heterocycles. The molecule has 5 rings (SSSR count). The molecule has 1 unspecified atom stereocenters. The van der Waals surface area contributed by atoms with E-state index in [1.165, 1.54) is 11.1 Å². The van der Waals surface area contributed by atoms with Gasteiger partial charge in [0.25, 0.3) is 0 Å². The van der Waals surface area contributed by atoms with Crippen LogP contribution in [0.1, 0.15) is 17.7 Å². The summed E-state index contributed by atoms with van der Waals surface area (Å²) in [5.41, 5.74) is 4.74. The number of fused-ring (bicyclic) bond motifs is 3. The maximum Gasteiger partial charge on any atom is 0.171 e. The van der Waals surface area contributed by atoms with Crippen LogP contribution in [0.2, 0.25) is 0 Å². The Morgan fingerprint density at radius 3 is 2.79 bits per heavy atom. The Balaban J connectivity index is 1.29. The van der Waals surface area contributed by atoms with Gasteiger partial charge in [-0.3, -0.25) is 9.88 Å². The van der Waals surface area contributed by atoms with Gasteiger partial charge in [-0.05, 0) is 48.7 Å². The van der Waals surface area contributed by atoms with Crippen LogP contribution in [0.25, 0.3) is 16.5 Å². The Morgan fingerprint density at radius 2 is 1.96 bits per heavy atom. The van der Waals surface area contributed by atoms with Gasteiger partial charge in [0.2, 0.25) is 0 Å². The van der Waals surface area contributed by atoms with Crippen LogP contribution in [0.3, 0.4) is 0 Å². The zero-order valence-electron chi connectivity index (χ0n) is 16.1. The third-order valence-corrected chi connectivity index (χ3v) is 5.53. The highest BCUT2D eigenvalue weighted by Gasteiger charge is 2.26. The van der Waals surface area contributed by atoms with Gasteiger partial charge in [0.1, 0.15) is 12.7 Å². The van der Waals surface area contributed by atoms with E-state index in [9.17, 15) is 0 Å². The molecule has 1 atom stereocenters. The lowest BCUT2D eigenvalue weighted by molar-refractivity contribution is 0.0632. The van der Waals surface area contributed by atoms with Crippen molar-refractivity contribution in [1.29, 1.82) is 0 Å². The normalized spacial score (nSPS) is 19.5. The zero-order chi connectivity index (χ0) is 18.9. The SMILES string of the molecule is Cc1ccc2c3c(ccc2n1)OCC(CN1CC=C(c2ccccc2)CC1)O3. The largest absolute Gasteiger partial charge is 0.486 e. The number of pyridine rings is 1. The number of ether oxygens (including phenoxy) is 2. The van der Waals surface area contributed by atoms with Crippen molar-refractivity contribution in [1.82, 2.24) is 9.88 Å². The van der Waals surface area contributed by atoms with Crippen LogP contribution in [0, 0.1) is 6.92 Å². The van der Waals surface area contributed by atoms with Crippen molar-refractivity contribution in [2.45, 2.75) is 19.4 Å². The Labute approximate surface area is 165 Å². The molecule has 0 saturated heterocycles. The third kappa shape index (κ3) is 3.36. The molecule has 0 spiro atoms. The van der Waals surface area contributed by atoms with Crippen LogP contribution in [0.4, 0.5) is 0 Å². The standard InChI is InChI=1S/C24H24N2O2/c1-17-7-8-21-22(25-17)9-10-23-24(21)28-20(16-27-23)15-26-13-11-19(12-14-26)18-5-3-2-4-6-18/h2-11,20H,12-16H2,1H3. The first-order chi connectivity index (χ1) is 13.8. The topological polar surface area (TPSA) is 34.6 Å². The van der Waals surface area contributed by atoms with Gasteiger partial charge in [-0.1, -0.05) is 36.4 Å². The minimum Gasteiger partial charge on any atom is -0.486 e. The summed E-state index contributed by atoms with van der Waals surface area (Å²) in [4.78, 5) is 7.05. The summed E-state index contributed by atoms with van der Waals surface area (Å²) in [5.74, 6) is 1.65. The molecule has 2 aromatic carbocycles. The zero-order valence-corrected chi connectivity index (χ0v) is 16.1. The summed E-state index contributed by atoms with van der Waals surface area (Å²) >= 11 is 0. The predicted octanol–water partition coefficient (Wildman–Crippen LogP) is 4.47. The van der Waals surface area contributed by atoms with Crippen molar-refractivity contribution in [3.05, 3.63) is 71.9 Å². The van der Waals surface area contributed by atoms with Gasteiger partial charge in [-0.25, -0.2) is 0 Å². The molecular weight excluding hydrogens is 348 g/mol. The molecule has 4 heteroatoms. The van der Waals surface area contributed by atoms with E-state index in [-0.39, 0.29) is 6.10 Å². The summed E-state index contributed by atoms with van der Waals surface area (Å²) in [7, 11) is 0. The van der Waals surface area contributed by atoms with E-state index in [1.807, 2.05) is 25.1 Å². The second-order valence-corrected chi connectivity index (χ2v) is 7.57. The van der Waals surface area contributed by atoms with E-state index in [0.29, 0.717) is 6.61 Å². The fourth-order valence-electron chi connectivity index (χ4n) is 4.05. The van der Waals surface area contributed by atoms with E-state index < -0.39 is 0 Å². The fraction of sp³-hybridized carbons (Fsp3) is 0.292. The molecule has 28 heavy (non-hydrogen) atoms. The van der Waals surface area contributed by atoms with Crippen LogP contribution < -0.4 is 9.47 Å².